The second-order valence-corrected chi connectivity index (χ2v) is 4.02. The van der Waals surface area contributed by atoms with Crippen molar-refractivity contribution in [1.29, 1.82) is 0 Å². The van der Waals surface area contributed by atoms with E-state index in [4.69, 9.17) is 16.3 Å². The zero-order valence-electron chi connectivity index (χ0n) is 9.50. The number of amides is 1. The summed E-state index contributed by atoms with van der Waals surface area (Å²) in [5, 5.41) is 2.70. The molecular formula is C12H16ClNO2. The third kappa shape index (κ3) is 4.11. The fourth-order valence-electron chi connectivity index (χ4n) is 1.25. The van der Waals surface area contributed by atoms with Crippen LogP contribution in [0.3, 0.4) is 0 Å². The third-order valence-electron chi connectivity index (χ3n) is 1.85. The van der Waals surface area contributed by atoms with Crippen molar-refractivity contribution in [3.63, 3.8) is 0 Å². The molecule has 0 spiro atoms. The van der Waals surface area contributed by atoms with E-state index in [1.54, 1.807) is 18.2 Å². The summed E-state index contributed by atoms with van der Waals surface area (Å²) in [4.78, 5) is 11.6. The van der Waals surface area contributed by atoms with Crippen molar-refractivity contribution in [3.8, 4) is 5.75 Å². The average Bonchev–Trinajstić information content (AvgIpc) is 2.25. The molecule has 0 bridgehead atoms. The summed E-state index contributed by atoms with van der Waals surface area (Å²) in [5.74, 6) is 0.983. The lowest BCUT2D eigenvalue weighted by Gasteiger charge is -2.10. The molecule has 16 heavy (non-hydrogen) atoms. The van der Waals surface area contributed by atoms with Gasteiger partial charge in [0.25, 0.3) is 5.91 Å². The van der Waals surface area contributed by atoms with Crippen molar-refractivity contribution in [2.45, 2.75) is 20.0 Å². The van der Waals surface area contributed by atoms with E-state index in [-0.39, 0.29) is 12.0 Å². The Bertz CT molecular complexity index is 353. The van der Waals surface area contributed by atoms with Crippen LogP contribution in [-0.4, -0.2) is 24.4 Å². The van der Waals surface area contributed by atoms with Gasteiger partial charge < -0.3 is 10.1 Å². The standard InChI is InChI=1S/C12H16ClNO2/c1-9(2)16-11-5-3-4-10(8-11)12(15)14-7-6-13/h3-5,8-9H,6-7H2,1-2H3,(H,14,15). The Hall–Kier alpha value is -1.22. The fourth-order valence-corrected chi connectivity index (χ4v) is 1.34. The molecule has 1 aromatic carbocycles. The van der Waals surface area contributed by atoms with Crippen molar-refractivity contribution < 1.29 is 9.53 Å². The Balaban J connectivity index is 2.69. The second-order valence-electron chi connectivity index (χ2n) is 3.64. The van der Waals surface area contributed by atoms with E-state index < -0.39 is 0 Å². The van der Waals surface area contributed by atoms with Gasteiger partial charge in [0.15, 0.2) is 0 Å². The molecule has 1 rings (SSSR count). The number of hydrogen-bond donors (Lipinski definition) is 1. The highest BCUT2D eigenvalue weighted by atomic mass is 35.5. The van der Waals surface area contributed by atoms with E-state index in [1.807, 2.05) is 19.9 Å². The summed E-state index contributed by atoms with van der Waals surface area (Å²) < 4.78 is 5.50. The normalized spacial score (nSPS) is 10.2. The summed E-state index contributed by atoms with van der Waals surface area (Å²) in [6, 6.07) is 7.10. The zero-order valence-corrected chi connectivity index (χ0v) is 10.3. The molecule has 0 aliphatic rings. The Morgan fingerprint density at radius 1 is 1.50 bits per heavy atom. The van der Waals surface area contributed by atoms with Gasteiger partial charge in [0, 0.05) is 18.0 Å². The SMILES string of the molecule is CC(C)Oc1cccc(C(=O)NCCCl)c1. The summed E-state index contributed by atoms with van der Waals surface area (Å²) in [6.45, 7) is 4.36. The summed E-state index contributed by atoms with van der Waals surface area (Å²) in [6.07, 6.45) is 0.0983. The maximum Gasteiger partial charge on any atom is 0.251 e. The number of carbonyl (C=O) groups excluding carboxylic acids is 1. The molecule has 1 aromatic rings. The van der Waals surface area contributed by atoms with E-state index >= 15 is 0 Å². The first-order valence-electron chi connectivity index (χ1n) is 5.24. The first kappa shape index (κ1) is 12.8. The van der Waals surface area contributed by atoms with Gasteiger partial charge >= 0.3 is 0 Å². The van der Waals surface area contributed by atoms with Crippen molar-refractivity contribution in [3.05, 3.63) is 29.8 Å². The van der Waals surface area contributed by atoms with Gasteiger partial charge in [-0.1, -0.05) is 6.07 Å². The van der Waals surface area contributed by atoms with E-state index in [2.05, 4.69) is 5.32 Å². The summed E-state index contributed by atoms with van der Waals surface area (Å²) in [7, 11) is 0. The maximum absolute atomic E-state index is 11.6. The van der Waals surface area contributed by atoms with Gasteiger partial charge in [-0.25, -0.2) is 0 Å². The van der Waals surface area contributed by atoms with E-state index in [0.29, 0.717) is 23.7 Å². The molecule has 4 heteroatoms. The molecule has 88 valence electrons. The predicted molar refractivity (Wildman–Crippen MR) is 65.3 cm³/mol. The molecule has 0 unspecified atom stereocenters. The van der Waals surface area contributed by atoms with Crippen LogP contribution in [0, 0.1) is 0 Å². The van der Waals surface area contributed by atoms with Gasteiger partial charge in [0.1, 0.15) is 5.75 Å². The molecular weight excluding hydrogens is 226 g/mol. The molecule has 0 fully saturated rings. The number of carbonyl (C=O) groups is 1. The zero-order chi connectivity index (χ0) is 12.0. The lowest BCUT2D eigenvalue weighted by atomic mass is 10.2. The molecule has 0 aliphatic heterocycles. The number of ether oxygens (including phenoxy) is 1. The van der Waals surface area contributed by atoms with Crippen LogP contribution in [0.5, 0.6) is 5.75 Å². The van der Waals surface area contributed by atoms with E-state index in [0.717, 1.165) is 0 Å². The lowest BCUT2D eigenvalue weighted by Crippen LogP contribution is -2.25. The highest BCUT2D eigenvalue weighted by molar-refractivity contribution is 6.18. The Kier molecular flexibility index (Phi) is 5.12. The monoisotopic (exact) mass is 241 g/mol. The van der Waals surface area contributed by atoms with Crippen molar-refractivity contribution in [1.82, 2.24) is 5.32 Å². The molecule has 0 aromatic heterocycles. The minimum Gasteiger partial charge on any atom is -0.491 e. The van der Waals surface area contributed by atoms with Crippen molar-refractivity contribution >= 4 is 17.5 Å². The number of benzene rings is 1. The van der Waals surface area contributed by atoms with Gasteiger partial charge in [-0.05, 0) is 32.0 Å². The molecule has 0 aliphatic carbocycles. The van der Waals surface area contributed by atoms with E-state index in [9.17, 15) is 4.79 Å². The van der Waals surface area contributed by atoms with Crippen LogP contribution in [0.1, 0.15) is 24.2 Å². The van der Waals surface area contributed by atoms with Gasteiger partial charge in [-0.15, -0.1) is 11.6 Å². The highest BCUT2D eigenvalue weighted by Gasteiger charge is 2.06. The fraction of sp³-hybridized carbons (Fsp3) is 0.417. The van der Waals surface area contributed by atoms with Crippen LogP contribution >= 0.6 is 11.6 Å². The third-order valence-corrected chi connectivity index (χ3v) is 2.04. The lowest BCUT2D eigenvalue weighted by molar-refractivity contribution is 0.0955. The number of halogens is 1. The maximum atomic E-state index is 11.6. The molecule has 0 atom stereocenters. The van der Waals surface area contributed by atoms with Gasteiger partial charge in [0.2, 0.25) is 0 Å². The largest absolute Gasteiger partial charge is 0.491 e. The molecule has 0 heterocycles. The molecule has 3 nitrogen and oxygen atoms in total. The highest BCUT2D eigenvalue weighted by Crippen LogP contribution is 2.14. The van der Waals surface area contributed by atoms with Gasteiger partial charge in [-0.2, -0.15) is 0 Å². The Morgan fingerprint density at radius 3 is 2.88 bits per heavy atom. The first-order valence-corrected chi connectivity index (χ1v) is 5.78. The summed E-state index contributed by atoms with van der Waals surface area (Å²) >= 11 is 5.49. The first-order chi connectivity index (χ1) is 7.63. The quantitative estimate of drug-likeness (QED) is 0.805. The van der Waals surface area contributed by atoms with Crippen molar-refractivity contribution in [2.24, 2.45) is 0 Å². The van der Waals surface area contributed by atoms with E-state index in [1.165, 1.54) is 0 Å². The molecule has 1 amide bonds. The predicted octanol–water partition coefficient (Wildman–Crippen LogP) is 2.44. The van der Waals surface area contributed by atoms with Crippen LogP contribution in [0.15, 0.2) is 24.3 Å². The van der Waals surface area contributed by atoms with Crippen LogP contribution in [0.4, 0.5) is 0 Å². The van der Waals surface area contributed by atoms with Crippen LogP contribution < -0.4 is 10.1 Å². The molecule has 0 saturated heterocycles. The number of nitrogens with one attached hydrogen (secondary N) is 1. The van der Waals surface area contributed by atoms with Crippen LogP contribution in [0.25, 0.3) is 0 Å². The molecule has 1 N–H and O–H groups in total. The topological polar surface area (TPSA) is 38.3 Å². The number of rotatable bonds is 5. The molecule has 0 saturated carbocycles. The summed E-state index contributed by atoms with van der Waals surface area (Å²) in [5.41, 5.74) is 0.586. The smallest absolute Gasteiger partial charge is 0.251 e. The van der Waals surface area contributed by atoms with Crippen LogP contribution in [0.2, 0.25) is 0 Å². The average molecular weight is 242 g/mol. The van der Waals surface area contributed by atoms with Crippen molar-refractivity contribution in [2.75, 3.05) is 12.4 Å². The second kappa shape index (κ2) is 6.38. The Morgan fingerprint density at radius 2 is 2.25 bits per heavy atom. The minimum absolute atomic E-state index is 0.0983. The van der Waals surface area contributed by atoms with Crippen LogP contribution in [-0.2, 0) is 0 Å². The minimum atomic E-state index is -0.130. The van der Waals surface area contributed by atoms with Gasteiger partial charge in [0.05, 0.1) is 6.10 Å². The molecule has 0 radical (unpaired) electrons. The Labute approximate surface area is 101 Å². The van der Waals surface area contributed by atoms with Gasteiger partial charge in [-0.3, -0.25) is 4.79 Å². The number of alkyl halides is 1. The number of hydrogen-bond acceptors (Lipinski definition) is 2.